The zero-order chi connectivity index (χ0) is 15.5. The largest absolute Gasteiger partial charge is 0.500 e. The van der Waals surface area contributed by atoms with Crippen molar-refractivity contribution in [3.63, 3.8) is 0 Å². The second-order valence-electron chi connectivity index (χ2n) is 4.14. The maximum absolute atomic E-state index is 5.36. The van der Waals surface area contributed by atoms with E-state index < -0.39 is 17.6 Å². The summed E-state index contributed by atoms with van der Waals surface area (Å²) in [7, 11) is 4.84. The highest BCUT2D eigenvalue weighted by molar-refractivity contribution is 6.60. The van der Waals surface area contributed by atoms with Gasteiger partial charge in [0.05, 0.1) is 0 Å². The Bertz CT molecular complexity index is 224. The van der Waals surface area contributed by atoms with Crippen LogP contribution in [0, 0.1) is 0 Å². The van der Waals surface area contributed by atoms with Gasteiger partial charge in [-0.05, 0) is 12.8 Å². The fourth-order valence-electron chi connectivity index (χ4n) is 1.87. The van der Waals surface area contributed by atoms with Crippen LogP contribution in [-0.2, 0) is 26.6 Å². The molecule has 0 fully saturated rings. The van der Waals surface area contributed by atoms with Crippen molar-refractivity contribution in [1.29, 1.82) is 0 Å². The van der Waals surface area contributed by atoms with Gasteiger partial charge in [-0.15, -0.1) is 0 Å². The van der Waals surface area contributed by atoms with E-state index in [9.17, 15) is 0 Å². The molecular formula is C12H28O6Si2. The Morgan fingerprint density at radius 3 is 1.00 bits per heavy atom. The van der Waals surface area contributed by atoms with Crippen molar-refractivity contribution in [1.82, 2.24) is 0 Å². The van der Waals surface area contributed by atoms with E-state index in [2.05, 4.69) is 12.2 Å². The van der Waals surface area contributed by atoms with Crippen LogP contribution in [0.25, 0.3) is 0 Å². The third-order valence-electron chi connectivity index (χ3n) is 3.27. The summed E-state index contributed by atoms with van der Waals surface area (Å²) < 4.78 is 32.1. The third-order valence-corrected chi connectivity index (χ3v) is 8.80. The molecule has 120 valence electrons. The zero-order valence-electron chi connectivity index (χ0n) is 13.4. The van der Waals surface area contributed by atoms with Crippen LogP contribution in [0.2, 0.25) is 12.1 Å². The molecule has 8 heteroatoms. The van der Waals surface area contributed by atoms with Crippen molar-refractivity contribution in [2.75, 3.05) is 42.7 Å². The average Bonchev–Trinajstić information content (AvgIpc) is 2.52. The third kappa shape index (κ3) is 6.14. The lowest BCUT2D eigenvalue weighted by atomic mass is 10.3. The van der Waals surface area contributed by atoms with E-state index in [0.717, 1.165) is 24.9 Å². The molecule has 0 aromatic rings. The van der Waals surface area contributed by atoms with Gasteiger partial charge < -0.3 is 26.6 Å². The number of rotatable bonds is 12. The van der Waals surface area contributed by atoms with Crippen LogP contribution in [0.5, 0.6) is 0 Å². The summed E-state index contributed by atoms with van der Waals surface area (Å²) in [5.41, 5.74) is 0. The minimum absolute atomic E-state index is 0.758. The summed E-state index contributed by atoms with van der Waals surface area (Å²) in [5, 5.41) is 0. The van der Waals surface area contributed by atoms with Crippen LogP contribution in [-0.4, -0.2) is 60.3 Å². The topological polar surface area (TPSA) is 55.4 Å². The van der Waals surface area contributed by atoms with E-state index in [4.69, 9.17) is 26.6 Å². The standard InChI is InChI=1S/C12H28O6Si2/c1-13-19(14-2,15-3)11-9-7-8-10-12-20(16-4,17-5)18-6/h7-8H,9-12H2,1-6H3. The van der Waals surface area contributed by atoms with Crippen molar-refractivity contribution in [3.8, 4) is 0 Å². The zero-order valence-corrected chi connectivity index (χ0v) is 15.4. The molecule has 0 spiro atoms. The maximum Gasteiger partial charge on any atom is 0.500 e. The van der Waals surface area contributed by atoms with Gasteiger partial charge in [-0.3, -0.25) is 0 Å². The van der Waals surface area contributed by atoms with Gasteiger partial charge in [0.25, 0.3) is 0 Å². The van der Waals surface area contributed by atoms with Crippen molar-refractivity contribution in [2.24, 2.45) is 0 Å². The maximum atomic E-state index is 5.36. The van der Waals surface area contributed by atoms with E-state index in [1.54, 1.807) is 42.7 Å². The van der Waals surface area contributed by atoms with Gasteiger partial charge in [-0.25, -0.2) is 0 Å². The van der Waals surface area contributed by atoms with Gasteiger partial charge in [-0.1, -0.05) is 12.2 Å². The van der Waals surface area contributed by atoms with Crippen LogP contribution >= 0.6 is 0 Å². The molecule has 0 aromatic heterocycles. The van der Waals surface area contributed by atoms with Crippen molar-refractivity contribution in [3.05, 3.63) is 12.2 Å². The Labute approximate surface area is 124 Å². The molecule has 0 N–H and O–H groups in total. The minimum Gasteiger partial charge on any atom is -0.377 e. The molecule has 0 radical (unpaired) electrons. The van der Waals surface area contributed by atoms with Crippen LogP contribution in [0.1, 0.15) is 12.8 Å². The molecule has 6 nitrogen and oxygen atoms in total. The van der Waals surface area contributed by atoms with E-state index in [1.807, 2.05) is 0 Å². The second kappa shape index (κ2) is 10.6. The van der Waals surface area contributed by atoms with E-state index >= 15 is 0 Å². The molecular weight excluding hydrogens is 296 g/mol. The summed E-state index contributed by atoms with van der Waals surface area (Å²) >= 11 is 0. The van der Waals surface area contributed by atoms with Crippen LogP contribution in [0.15, 0.2) is 12.2 Å². The van der Waals surface area contributed by atoms with E-state index in [-0.39, 0.29) is 0 Å². The van der Waals surface area contributed by atoms with Gasteiger partial charge in [0, 0.05) is 54.7 Å². The monoisotopic (exact) mass is 324 g/mol. The lowest BCUT2D eigenvalue weighted by molar-refractivity contribution is 0.123. The molecule has 0 saturated heterocycles. The smallest absolute Gasteiger partial charge is 0.377 e. The first kappa shape index (κ1) is 19.9. The Morgan fingerprint density at radius 1 is 0.550 bits per heavy atom. The molecule has 0 aliphatic heterocycles. The minimum atomic E-state index is -2.45. The Morgan fingerprint density at radius 2 is 0.800 bits per heavy atom. The first-order valence-corrected chi connectivity index (χ1v) is 10.4. The molecule has 0 aliphatic rings. The van der Waals surface area contributed by atoms with Gasteiger partial charge in [-0.2, -0.15) is 0 Å². The molecule has 0 unspecified atom stereocenters. The highest BCUT2D eigenvalue weighted by Crippen LogP contribution is 2.17. The average molecular weight is 325 g/mol. The predicted molar refractivity (Wildman–Crippen MR) is 81.6 cm³/mol. The number of hydrogen-bond acceptors (Lipinski definition) is 6. The van der Waals surface area contributed by atoms with Gasteiger partial charge in [0.15, 0.2) is 0 Å². The number of hydrogen-bond donors (Lipinski definition) is 0. The quantitative estimate of drug-likeness (QED) is 0.405. The van der Waals surface area contributed by atoms with Crippen LogP contribution in [0.3, 0.4) is 0 Å². The van der Waals surface area contributed by atoms with E-state index in [0.29, 0.717) is 0 Å². The summed E-state index contributed by atoms with van der Waals surface area (Å²) in [6.45, 7) is 0. The van der Waals surface area contributed by atoms with Gasteiger partial charge >= 0.3 is 17.6 Å². The highest BCUT2D eigenvalue weighted by atomic mass is 28.4. The summed E-state index contributed by atoms with van der Waals surface area (Å²) in [4.78, 5) is 0. The molecule has 0 bridgehead atoms. The molecule has 0 aromatic carbocycles. The van der Waals surface area contributed by atoms with Crippen molar-refractivity contribution >= 4 is 17.6 Å². The fourth-order valence-corrected chi connectivity index (χ4v) is 5.13. The molecule has 0 saturated carbocycles. The predicted octanol–water partition coefficient (Wildman–Crippen LogP) is 2.08. The lowest BCUT2D eigenvalue weighted by Crippen LogP contribution is -2.42. The summed E-state index contributed by atoms with van der Waals surface area (Å²) in [6, 6.07) is 1.52. The van der Waals surface area contributed by atoms with Gasteiger partial charge in [0.1, 0.15) is 0 Å². The van der Waals surface area contributed by atoms with E-state index in [1.165, 1.54) is 0 Å². The molecule has 20 heavy (non-hydrogen) atoms. The lowest BCUT2D eigenvalue weighted by Gasteiger charge is -2.24. The molecule has 0 aliphatic carbocycles. The summed E-state index contributed by atoms with van der Waals surface area (Å²) in [5.74, 6) is 0. The van der Waals surface area contributed by atoms with Crippen LogP contribution in [0.4, 0.5) is 0 Å². The first-order chi connectivity index (χ1) is 9.57. The Kier molecular flexibility index (Phi) is 10.6. The van der Waals surface area contributed by atoms with Gasteiger partial charge in [0.2, 0.25) is 0 Å². The normalized spacial score (nSPS) is 13.3. The molecule has 0 atom stereocenters. The van der Waals surface area contributed by atoms with Crippen LogP contribution < -0.4 is 0 Å². The molecule has 0 heterocycles. The fraction of sp³-hybridized carbons (Fsp3) is 0.833. The molecule has 0 rings (SSSR count). The Balaban J connectivity index is 4.09. The second-order valence-corrected chi connectivity index (χ2v) is 10.3. The molecule has 0 amide bonds. The van der Waals surface area contributed by atoms with Crippen molar-refractivity contribution in [2.45, 2.75) is 24.9 Å². The van der Waals surface area contributed by atoms with Crippen molar-refractivity contribution < 1.29 is 26.6 Å². The SMILES string of the molecule is CO[Si](CCC=CCC[Si](OC)(OC)OC)(OC)OC. The summed E-state index contributed by atoms with van der Waals surface area (Å²) in [6.07, 6.45) is 5.89. The number of allylic oxidation sites excluding steroid dienone is 2. The highest BCUT2D eigenvalue weighted by Gasteiger charge is 2.37. The first-order valence-electron chi connectivity index (χ1n) is 6.53. The Hall–Kier alpha value is -0.0662.